The summed E-state index contributed by atoms with van der Waals surface area (Å²) in [5.41, 5.74) is 0.680. The summed E-state index contributed by atoms with van der Waals surface area (Å²) in [5, 5.41) is 8.37. The van der Waals surface area contributed by atoms with E-state index >= 15 is 0 Å². The molecule has 2 aromatic heterocycles. The summed E-state index contributed by atoms with van der Waals surface area (Å²) in [7, 11) is 0. The minimum Gasteiger partial charge on any atom is -0.463 e. The van der Waals surface area contributed by atoms with Crippen molar-refractivity contribution in [3.05, 3.63) is 30.5 Å². The standard InChI is InChI=1S/C15H16N4O3/c1-11(20)15(21)19-8-6-18(7-9-19)14-5-4-12(16-17-14)13-3-2-10-22-13/h2-5,10H,6-9H2,1H3. The van der Waals surface area contributed by atoms with Crippen LogP contribution in [0.2, 0.25) is 0 Å². The molecule has 7 nitrogen and oxygen atoms in total. The Morgan fingerprint density at radius 2 is 1.86 bits per heavy atom. The fourth-order valence-corrected chi connectivity index (χ4v) is 2.41. The van der Waals surface area contributed by atoms with Gasteiger partial charge in [0.2, 0.25) is 5.78 Å². The van der Waals surface area contributed by atoms with Gasteiger partial charge in [0.25, 0.3) is 5.91 Å². The molecule has 0 saturated carbocycles. The second-order valence-electron chi connectivity index (χ2n) is 5.09. The normalized spacial score (nSPS) is 15.0. The maximum absolute atomic E-state index is 11.6. The van der Waals surface area contributed by atoms with Crippen LogP contribution in [0.5, 0.6) is 0 Å². The predicted molar refractivity (Wildman–Crippen MR) is 79.2 cm³/mol. The number of ketones is 1. The van der Waals surface area contributed by atoms with E-state index in [0.29, 0.717) is 37.6 Å². The quantitative estimate of drug-likeness (QED) is 0.786. The molecule has 0 aliphatic carbocycles. The number of Topliss-reactive ketones (excluding diaryl/α,β-unsaturated/α-hetero) is 1. The van der Waals surface area contributed by atoms with E-state index in [0.717, 1.165) is 5.82 Å². The van der Waals surface area contributed by atoms with Gasteiger partial charge in [-0.3, -0.25) is 9.59 Å². The number of rotatable bonds is 3. The van der Waals surface area contributed by atoms with E-state index in [2.05, 4.69) is 10.2 Å². The minimum absolute atomic E-state index is 0.418. The third-order valence-corrected chi connectivity index (χ3v) is 3.62. The number of hydrogen-bond donors (Lipinski definition) is 0. The maximum Gasteiger partial charge on any atom is 0.289 e. The second kappa shape index (κ2) is 5.97. The smallest absolute Gasteiger partial charge is 0.289 e. The Kier molecular flexibility index (Phi) is 3.86. The molecule has 7 heteroatoms. The lowest BCUT2D eigenvalue weighted by Gasteiger charge is -2.34. The van der Waals surface area contributed by atoms with Crippen molar-refractivity contribution in [2.45, 2.75) is 6.92 Å². The fraction of sp³-hybridized carbons (Fsp3) is 0.333. The van der Waals surface area contributed by atoms with E-state index in [9.17, 15) is 9.59 Å². The zero-order valence-electron chi connectivity index (χ0n) is 12.2. The van der Waals surface area contributed by atoms with Crippen LogP contribution in [0.15, 0.2) is 34.9 Å². The summed E-state index contributed by atoms with van der Waals surface area (Å²) in [6, 6.07) is 7.37. The maximum atomic E-state index is 11.6. The lowest BCUT2D eigenvalue weighted by atomic mass is 10.2. The van der Waals surface area contributed by atoms with Crippen molar-refractivity contribution in [2.75, 3.05) is 31.1 Å². The van der Waals surface area contributed by atoms with Crippen LogP contribution in [0.4, 0.5) is 5.82 Å². The van der Waals surface area contributed by atoms with Gasteiger partial charge in [-0.2, -0.15) is 0 Å². The Hall–Kier alpha value is -2.70. The number of amides is 1. The Morgan fingerprint density at radius 1 is 1.09 bits per heavy atom. The molecule has 1 aliphatic rings. The molecule has 0 bridgehead atoms. The van der Waals surface area contributed by atoms with Gasteiger partial charge in [0.1, 0.15) is 5.69 Å². The molecule has 1 fully saturated rings. The van der Waals surface area contributed by atoms with Gasteiger partial charge in [-0.15, -0.1) is 10.2 Å². The van der Waals surface area contributed by atoms with Crippen molar-refractivity contribution >= 4 is 17.5 Å². The van der Waals surface area contributed by atoms with E-state index in [4.69, 9.17) is 4.42 Å². The van der Waals surface area contributed by atoms with Crippen LogP contribution < -0.4 is 4.90 Å². The molecular formula is C15H16N4O3. The third kappa shape index (κ3) is 2.83. The Labute approximate surface area is 127 Å². The molecular weight excluding hydrogens is 284 g/mol. The van der Waals surface area contributed by atoms with Crippen LogP contribution in [0, 0.1) is 0 Å². The van der Waals surface area contributed by atoms with Crippen LogP contribution in [0.3, 0.4) is 0 Å². The van der Waals surface area contributed by atoms with Gasteiger partial charge >= 0.3 is 0 Å². The molecule has 22 heavy (non-hydrogen) atoms. The molecule has 114 valence electrons. The second-order valence-corrected chi connectivity index (χ2v) is 5.09. The number of aromatic nitrogens is 2. The molecule has 0 N–H and O–H groups in total. The largest absolute Gasteiger partial charge is 0.463 e. The van der Waals surface area contributed by atoms with Gasteiger partial charge in [0.05, 0.1) is 6.26 Å². The van der Waals surface area contributed by atoms with Crippen molar-refractivity contribution in [1.82, 2.24) is 15.1 Å². The lowest BCUT2D eigenvalue weighted by Crippen LogP contribution is -2.50. The van der Waals surface area contributed by atoms with Crippen molar-refractivity contribution in [2.24, 2.45) is 0 Å². The van der Waals surface area contributed by atoms with E-state index in [-0.39, 0.29) is 0 Å². The molecule has 3 heterocycles. The number of carbonyl (C=O) groups is 2. The van der Waals surface area contributed by atoms with Crippen LogP contribution in [-0.2, 0) is 9.59 Å². The summed E-state index contributed by atoms with van der Waals surface area (Å²) in [5.74, 6) is 0.594. The highest BCUT2D eigenvalue weighted by Gasteiger charge is 2.24. The van der Waals surface area contributed by atoms with E-state index in [1.54, 1.807) is 17.2 Å². The molecule has 0 unspecified atom stereocenters. The Balaban J connectivity index is 1.64. The van der Waals surface area contributed by atoms with Crippen LogP contribution in [0.1, 0.15) is 6.92 Å². The van der Waals surface area contributed by atoms with Gasteiger partial charge in [0.15, 0.2) is 11.6 Å². The molecule has 2 aromatic rings. The van der Waals surface area contributed by atoms with Gasteiger partial charge in [-0.05, 0) is 24.3 Å². The number of nitrogens with zero attached hydrogens (tertiary/aromatic N) is 4. The fourth-order valence-electron chi connectivity index (χ4n) is 2.41. The third-order valence-electron chi connectivity index (χ3n) is 3.62. The highest BCUT2D eigenvalue weighted by molar-refractivity contribution is 6.35. The number of anilines is 1. The first-order chi connectivity index (χ1) is 10.6. The molecule has 1 saturated heterocycles. The first-order valence-corrected chi connectivity index (χ1v) is 7.07. The van der Waals surface area contributed by atoms with Crippen molar-refractivity contribution in [1.29, 1.82) is 0 Å². The van der Waals surface area contributed by atoms with Gasteiger partial charge in [0, 0.05) is 33.1 Å². The zero-order chi connectivity index (χ0) is 15.5. The number of carbonyl (C=O) groups excluding carboxylic acids is 2. The van der Waals surface area contributed by atoms with E-state index < -0.39 is 11.7 Å². The predicted octanol–water partition coefficient (Wildman–Crippen LogP) is 0.974. The Bertz CT molecular complexity index is 659. The van der Waals surface area contributed by atoms with E-state index in [1.165, 1.54) is 6.92 Å². The molecule has 1 aliphatic heterocycles. The van der Waals surface area contributed by atoms with Crippen molar-refractivity contribution in [3.8, 4) is 11.5 Å². The van der Waals surface area contributed by atoms with Crippen LogP contribution in [-0.4, -0.2) is 53.0 Å². The summed E-state index contributed by atoms with van der Waals surface area (Å²) in [6.45, 7) is 3.59. The molecule has 3 rings (SSSR count). The monoisotopic (exact) mass is 300 g/mol. The van der Waals surface area contributed by atoms with Crippen LogP contribution in [0.25, 0.3) is 11.5 Å². The lowest BCUT2D eigenvalue weighted by molar-refractivity contribution is -0.143. The molecule has 0 aromatic carbocycles. The first-order valence-electron chi connectivity index (χ1n) is 7.07. The molecule has 1 amide bonds. The summed E-state index contributed by atoms with van der Waals surface area (Å²) in [4.78, 5) is 26.4. The Morgan fingerprint density at radius 3 is 2.41 bits per heavy atom. The summed E-state index contributed by atoms with van der Waals surface area (Å²) < 4.78 is 5.28. The van der Waals surface area contributed by atoms with Gasteiger partial charge in [-0.25, -0.2) is 0 Å². The van der Waals surface area contributed by atoms with E-state index in [1.807, 2.05) is 23.1 Å². The molecule has 0 spiro atoms. The first kappa shape index (κ1) is 14.2. The minimum atomic E-state index is -0.420. The van der Waals surface area contributed by atoms with Gasteiger partial charge in [-0.1, -0.05) is 0 Å². The zero-order valence-corrected chi connectivity index (χ0v) is 12.2. The number of hydrogen-bond acceptors (Lipinski definition) is 6. The summed E-state index contributed by atoms with van der Waals surface area (Å²) >= 11 is 0. The SMILES string of the molecule is CC(=O)C(=O)N1CCN(c2ccc(-c3ccco3)nn2)CC1. The number of furan rings is 1. The molecule has 0 radical (unpaired) electrons. The average Bonchev–Trinajstić information content (AvgIpc) is 3.09. The molecule has 0 atom stereocenters. The highest BCUT2D eigenvalue weighted by atomic mass is 16.3. The highest BCUT2D eigenvalue weighted by Crippen LogP contribution is 2.19. The summed E-state index contributed by atoms with van der Waals surface area (Å²) in [6.07, 6.45) is 1.59. The number of piperazine rings is 1. The van der Waals surface area contributed by atoms with Crippen molar-refractivity contribution in [3.63, 3.8) is 0 Å². The average molecular weight is 300 g/mol. The topological polar surface area (TPSA) is 79.5 Å². The van der Waals surface area contributed by atoms with Crippen molar-refractivity contribution < 1.29 is 14.0 Å². The van der Waals surface area contributed by atoms with Crippen LogP contribution >= 0.6 is 0 Å². The van der Waals surface area contributed by atoms with Gasteiger partial charge < -0.3 is 14.2 Å².